The first kappa shape index (κ1) is 9.44. The highest BCUT2D eigenvalue weighted by Gasteiger charge is 2.10. The summed E-state index contributed by atoms with van der Waals surface area (Å²) in [7, 11) is 1.95. The summed E-state index contributed by atoms with van der Waals surface area (Å²) in [5.41, 5.74) is 0. The van der Waals surface area contributed by atoms with Crippen LogP contribution in [0.4, 0.5) is 0 Å². The summed E-state index contributed by atoms with van der Waals surface area (Å²) in [6.45, 7) is 2.78. The first-order chi connectivity index (χ1) is 5.43. The Hall–Kier alpha value is 0.354. The van der Waals surface area contributed by atoms with E-state index in [-0.39, 0.29) is 19.4 Å². The van der Waals surface area contributed by atoms with E-state index in [1.165, 1.54) is 32.0 Å². The van der Waals surface area contributed by atoms with Gasteiger partial charge in [-0.3, -0.25) is 0 Å². The lowest BCUT2D eigenvalue weighted by Gasteiger charge is -2.13. The number of hydrogen-bond donors (Lipinski definition) is 0. The van der Waals surface area contributed by atoms with E-state index in [1.54, 1.807) is 6.04 Å². The van der Waals surface area contributed by atoms with Gasteiger partial charge in [-0.05, 0) is 38.0 Å². The van der Waals surface area contributed by atoms with E-state index in [1.807, 2.05) is 7.11 Å². The van der Waals surface area contributed by atoms with E-state index in [0.717, 1.165) is 0 Å². The largest absolute Gasteiger partial charge is 0.427 e. The molecule has 2 nitrogen and oxygen atoms in total. The minimum absolute atomic E-state index is 0.127. The highest BCUT2D eigenvalue weighted by Crippen LogP contribution is 2.06. The maximum Gasteiger partial charge on any atom is 0.161 e. The van der Waals surface area contributed by atoms with Gasteiger partial charge in [0.25, 0.3) is 0 Å². The molecule has 66 valence electrons. The number of nitrogens with zero attached hydrogens (tertiary/aromatic N) is 1. The molecular formula is C7H19NOSi2. The number of rotatable bonds is 5. The minimum Gasteiger partial charge on any atom is -0.427 e. The zero-order chi connectivity index (χ0) is 7.94. The molecule has 1 heterocycles. The van der Waals surface area contributed by atoms with Crippen LogP contribution in [-0.2, 0) is 4.43 Å². The molecule has 0 aromatic carbocycles. The summed E-state index contributed by atoms with van der Waals surface area (Å²) in [6, 6.07) is 2.93. The molecule has 0 unspecified atom stereocenters. The van der Waals surface area contributed by atoms with Crippen molar-refractivity contribution in [3.8, 4) is 0 Å². The number of hydrogen-bond acceptors (Lipinski definition) is 2. The summed E-state index contributed by atoms with van der Waals surface area (Å²) in [6.07, 6.45) is 2.88. The van der Waals surface area contributed by atoms with Crippen LogP contribution >= 0.6 is 0 Å². The van der Waals surface area contributed by atoms with Crippen LogP contribution in [0.2, 0.25) is 12.1 Å². The topological polar surface area (TPSA) is 12.5 Å². The molecule has 0 radical (unpaired) electrons. The third-order valence-corrected chi connectivity index (χ3v) is 5.55. The van der Waals surface area contributed by atoms with Gasteiger partial charge in [0.2, 0.25) is 0 Å². The summed E-state index contributed by atoms with van der Waals surface area (Å²) in [5, 5.41) is 0. The molecule has 0 bridgehead atoms. The first-order valence-electron chi connectivity index (χ1n) is 4.65. The Bertz CT molecular complexity index is 96.4. The second kappa shape index (κ2) is 5.94. The van der Waals surface area contributed by atoms with Crippen molar-refractivity contribution in [2.75, 3.05) is 20.2 Å². The van der Waals surface area contributed by atoms with Crippen molar-refractivity contribution in [2.45, 2.75) is 24.9 Å². The van der Waals surface area contributed by atoms with Crippen LogP contribution < -0.4 is 0 Å². The normalized spacial score (nSPS) is 22.6. The molecule has 0 aromatic heterocycles. The standard InChI is InChI=1S/C7H19NOSi2/c1-9-11-7-3-5-8-4-2-6-10-8/h2-7,10-11H2,1H3. The fourth-order valence-corrected chi connectivity index (χ4v) is 4.09. The molecule has 1 rings (SSSR count). The van der Waals surface area contributed by atoms with E-state index in [2.05, 4.69) is 4.57 Å². The molecular weight excluding hydrogens is 170 g/mol. The van der Waals surface area contributed by atoms with Crippen LogP contribution in [0.1, 0.15) is 12.8 Å². The Morgan fingerprint density at radius 1 is 1.64 bits per heavy atom. The van der Waals surface area contributed by atoms with Gasteiger partial charge in [-0.15, -0.1) is 0 Å². The van der Waals surface area contributed by atoms with Gasteiger partial charge in [-0.1, -0.05) is 0 Å². The lowest BCUT2D eigenvalue weighted by molar-refractivity contribution is 0.430. The van der Waals surface area contributed by atoms with Crippen molar-refractivity contribution < 1.29 is 4.43 Å². The maximum atomic E-state index is 5.14. The van der Waals surface area contributed by atoms with Crippen LogP contribution in [0.5, 0.6) is 0 Å². The van der Waals surface area contributed by atoms with E-state index >= 15 is 0 Å². The Balaban J connectivity index is 1.86. The zero-order valence-corrected chi connectivity index (χ0v) is 10.3. The van der Waals surface area contributed by atoms with E-state index in [0.29, 0.717) is 0 Å². The van der Waals surface area contributed by atoms with Crippen LogP contribution in [-0.4, -0.2) is 44.2 Å². The smallest absolute Gasteiger partial charge is 0.161 e. The van der Waals surface area contributed by atoms with E-state index in [9.17, 15) is 0 Å². The Morgan fingerprint density at radius 3 is 3.18 bits per heavy atom. The molecule has 1 saturated heterocycles. The Labute approximate surface area is 74.1 Å². The molecule has 4 heteroatoms. The third-order valence-electron chi connectivity index (χ3n) is 2.27. The molecule has 0 aliphatic carbocycles. The summed E-state index contributed by atoms with van der Waals surface area (Å²) >= 11 is 0. The maximum absolute atomic E-state index is 5.14. The van der Waals surface area contributed by atoms with Gasteiger partial charge in [0.15, 0.2) is 9.76 Å². The highest BCUT2D eigenvalue weighted by atomic mass is 28.2. The predicted molar refractivity (Wildman–Crippen MR) is 54.5 cm³/mol. The molecule has 11 heavy (non-hydrogen) atoms. The lowest BCUT2D eigenvalue weighted by atomic mass is 10.4. The van der Waals surface area contributed by atoms with Crippen LogP contribution in [0.25, 0.3) is 0 Å². The van der Waals surface area contributed by atoms with Gasteiger partial charge in [0.1, 0.15) is 0 Å². The fraction of sp³-hybridized carbons (Fsp3) is 1.00. The molecule has 1 aliphatic rings. The molecule has 0 saturated carbocycles. The monoisotopic (exact) mass is 189 g/mol. The van der Waals surface area contributed by atoms with Gasteiger partial charge < -0.3 is 8.99 Å². The summed E-state index contributed by atoms with van der Waals surface area (Å²) < 4.78 is 7.85. The third kappa shape index (κ3) is 4.05. The van der Waals surface area contributed by atoms with Gasteiger partial charge in [-0.2, -0.15) is 0 Å². The van der Waals surface area contributed by atoms with Crippen molar-refractivity contribution in [2.24, 2.45) is 0 Å². The molecule has 0 atom stereocenters. The van der Waals surface area contributed by atoms with Gasteiger partial charge in [-0.25, -0.2) is 0 Å². The van der Waals surface area contributed by atoms with Crippen LogP contribution in [0.3, 0.4) is 0 Å². The van der Waals surface area contributed by atoms with Gasteiger partial charge in [0, 0.05) is 7.11 Å². The van der Waals surface area contributed by atoms with Crippen molar-refractivity contribution in [1.82, 2.24) is 4.57 Å². The zero-order valence-electron chi connectivity index (χ0n) is 7.51. The lowest BCUT2D eigenvalue weighted by Crippen LogP contribution is -2.23. The molecule has 1 aliphatic heterocycles. The van der Waals surface area contributed by atoms with Crippen molar-refractivity contribution in [1.29, 1.82) is 0 Å². The molecule has 0 spiro atoms. The summed E-state index contributed by atoms with van der Waals surface area (Å²) in [5.74, 6) is 0. The fourth-order valence-electron chi connectivity index (χ4n) is 1.59. The van der Waals surface area contributed by atoms with Crippen molar-refractivity contribution in [3.63, 3.8) is 0 Å². The van der Waals surface area contributed by atoms with Gasteiger partial charge >= 0.3 is 0 Å². The quantitative estimate of drug-likeness (QED) is 0.436. The minimum atomic E-state index is -0.127. The van der Waals surface area contributed by atoms with Crippen molar-refractivity contribution >= 4 is 19.4 Å². The first-order valence-corrected chi connectivity index (χ1v) is 7.86. The van der Waals surface area contributed by atoms with Crippen LogP contribution in [0.15, 0.2) is 0 Å². The van der Waals surface area contributed by atoms with Crippen molar-refractivity contribution in [3.05, 3.63) is 0 Å². The highest BCUT2D eigenvalue weighted by molar-refractivity contribution is 6.33. The molecule has 0 aromatic rings. The molecule has 1 fully saturated rings. The summed E-state index contributed by atoms with van der Waals surface area (Å²) in [4.78, 5) is 0. The SMILES string of the molecule is CO[SiH2]CCCN1CCC[SiH2]1. The molecule has 0 N–H and O–H groups in total. The van der Waals surface area contributed by atoms with E-state index < -0.39 is 0 Å². The second-order valence-electron chi connectivity index (χ2n) is 3.25. The van der Waals surface area contributed by atoms with E-state index in [4.69, 9.17) is 4.43 Å². The molecule has 0 amide bonds. The average Bonchev–Trinajstić information content (AvgIpc) is 2.50. The Kier molecular flexibility index (Phi) is 5.09. The predicted octanol–water partition coefficient (Wildman–Crippen LogP) is -0.267. The van der Waals surface area contributed by atoms with Gasteiger partial charge in [0.05, 0.1) is 9.68 Å². The second-order valence-corrected chi connectivity index (χ2v) is 6.99. The Morgan fingerprint density at radius 2 is 2.55 bits per heavy atom. The average molecular weight is 189 g/mol. The van der Waals surface area contributed by atoms with Crippen LogP contribution in [0, 0.1) is 0 Å².